The summed E-state index contributed by atoms with van der Waals surface area (Å²) in [6, 6.07) is -2.25. The SMILES string of the molecule is NC(CCP(=O)(O)O)C(=O)O.N[C@@H](CCC(=O)O)C(=O)O. The van der Waals surface area contributed by atoms with Crippen molar-refractivity contribution < 1.29 is 44.1 Å². The lowest BCUT2D eigenvalue weighted by atomic mass is 10.2. The van der Waals surface area contributed by atoms with E-state index in [1.807, 2.05) is 0 Å². The molecular formula is C9H19N2O9P. The minimum Gasteiger partial charge on any atom is -0.481 e. The molecule has 0 spiro atoms. The molecule has 12 heteroatoms. The molecule has 0 aromatic heterocycles. The highest BCUT2D eigenvalue weighted by Crippen LogP contribution is 2.35. The average molecular weight is 330 g/mol. The van der Waals surface area contributed by atoms with Crippen molar-refractivity contribution in [2.24, 2.45) is 11.5 Å². The molecule has 0 aromatic carbocycles. The predicted octanol–water partition coefficient (Wildman–Crippen LogP) is -1.77. The summed E-state index contributed by atoms with van der Waals surface area (Å²) >= 11 is 0. The van der Waals surface area contributed by atoms with Crippen LogP contribution in [0.1, 0.15) is 19.3 Å². The van der Waals surface area contributed by atoms with Gasteiger partial charge in [-0.15, -0.1) is 0 Å². The molecule has 0 rings (SSSR count). The van der Waals surface area contributed by atoms with Crippen molar-refractivity contribution >= 4 is 25.5 Å². The normalized spacial score (nSPS) is 13.5. The van der Waals surface area contributed by atoms with E-state index in [9.17, 15) is 18.9 Å². The molecule has 0 saturated heterocycles. The van der Waals surface area contributed by atoms with Crippen LogP contribution in [0.3, 0.4) is 0 Å². The first-order valence-electron chi connectivity index (χ1n) is 5.60. The maximum atomic E-state index is 10.2. The Kier molecular flexibility index (Phi) is 10.6. The highest BCUT2D eigenvalue weighted by molar-refractivity contribution is 7.51. The number of carboxylic acid groups (broad SMARTS) is 3. The summed E-state index contributed by atoms with van der Waals surface area (Å²) in [5.41, 5.74) is 9.98. The van der Waals surface area contributed by atoms with Gasteiger partial charge in [-0.3, -0.25) is 18.9 Å². The molecule has 9 N–H and O–H groups in total. The number of hydrogen-bond acceptors (Lipinski definition) is 6. The van der Waals surface area contributed by atoms with Crippen molar-refractivity contribution in [1.29, 1.82) is 0 Å². The lowest BCUT2D eigenvalue weighted by Crippen LogP contribution is -2.30. The largest absolute Gasteiger partial charge is 0.481 e. The van der Waals surface area contributed by atoms with Crippen molar-refractivity contribution in [2.45, 2.75) is 31.3 Å². The second-order valence-corrected chi connectivity index (χ2v) is 5.78. The number of nitrogens with two attached hydrogens (primary N) is 2. The third kappa shape index (κ3) is 16.4. The average Bonchev–Trinajstić information content (AvgIpc) is 2.32. The van der Waals surface area contributed by atoms with E-state index in [0.717, 1.165) is 0 Å². The maximum Gasteiger partial charge on any atom is 0.325 e. The van der Waals surface area contributed by atoms with Crippen LogP contribution in [0.2, 0.25) is 0 Å². The van der Waals surface area contributed by atoms with Crippen LogP contribution in [0.15, 0.2) is 0 Å². The van der Waals surface area contributed by atoms with Crippen LogP contribution in [-0.4, -0.2) is 61.3 Å². The van der Waals surface area contributed by atoms with Gasteiger partial charge in [-0.25, -0.2) is 0 Å². The van der Waals surface area contributed by atoms with E-state index >= 15 is 0 Å². The molecule has 1 unspecified atom stereocenters. The number of carbonyl (C=O) groups is 3. The predicted molar refractivity (Wildman–Crippen MR) is 69.6 cm³/mol. The van der Waals surface area contributed by atoms with Gasteiger partial charge in [-0.1, -0.05) is 0 Å². The number of aliphatic carboxylic acids is 3. The van der Waals surface area contributed by atoms with E-state index in [1.54, 1.807) is 0 Å². The summed E-state index contributed by atoms with van der Waals surface area (Å²) in [4.78, 5) is 46.5. The van der Waals surface area contributed by atoms with Crippen LogP contribution in [-0.2, 0) is 18.9 Å². The fraction of sp³-hybridized carbons (Fsp3) is 0.667. The van der Waals surface area contributed by atoms with Crippen molar-refractivity contribution in [2.75, 3.05) is 6.16 Å². The zero-order valence-corrected chi connectivity index (χ0v) is 11.8. The molecular weight excluding hydrogens is 311 g/mol. The zero-order valence-electron chi connectivity index (χ0n) is 11.0. The molecule has 0 heterocycles. The van der Waals surface area contributed by atoms with Gasteiger partial charge in [0.15, 0.2) is 0 Å². The summed E-state index contributed by atoms with van der Waals surface area (Å²) in [7, 11) is -4.10. The Morgan fingerprint density at radius 1 is 0.905 bits per heavy atom. The molecule has 0 amide bonds. The Morgan fingerprint density at radius 3 is 1.57 bits per heavy atom. The smallest absolute Gasteiger partial charge is 0.325 e. The van der Waals surface area contributed by atoms with Gasteiger partial charge >= 0.3 is 25.5 Å². The second-order valence-electron chi connectivity index (χ2n) is 4.00. The Balaban J connectivity index is 0. The fourth-order valence-electron chi connectivity index (χ4n) is 0.833. The minimum absolute atomic E-state index is 0.0231. The third-order valence-electron chi connectivity index (χ3n) is 2.03. The molecule has 0 aliphatic rings. The molecule has 0 bridgehead atoms. The molecule has 11 nitrogen and oxygen atoms in total. The first kappa shape index (κ1) is 21.8. The number of rotatable bonds is 8. The summed E-state index contributed by atoms with van der Waals surface area (Å²) < 4.78 is 10.2. The van der Waals surface area contributed by atoms with Gasteiger partial charge in [-0.05, 0) is 12.8 Å². The standard InChI is InChI=1S/C5H9NO4.C4H10NO5P/c6-3(5(9)10)1-2-4(7)8;5-3(4(6)7)1-2-11(8,9)10/h3H,1-2,6H2,(H,7,8)(H,9,10);3H,1-2,5H2,(H,6,7)(H2,8,9,10)/t3-;/m0./s1. The number of hydrogen-bond donors (Lipinski definition) is 7. The summed E-state index contributed by atoms with van der Waals surface area (Å²) in [6.07, 6.45) is -0.918. The van der Waals surface area contributed by atoms with Crippen LogP contribution in [0.25, 0.3) is 0 Å². The Bertz CT molecular complexity index is 408. The summed E-state index contributed by atoms with van der Waals surface area (Å²) in [5, 5.41) is 24.5. The lowest BCUT2D eigenvalue weighted by Gasteiger charge is -2.06. The van der Waals surface area contributed by atoms with Crippen molar-refractivity contribution in [3.63, 3.8) is 0 Å². The molecule has 0 radical (unpaired) electrons. The molecule has 2 atom stereocenters. The van der Waals surface area contributed by atoms with Gasteiger partial charge in [-0.2, -0.15) is 0 Å². The number of carboxylic acids is 3. The zero-order chi connectivity index (χ0) is 17.2. The van der Waals surface area contributed by atoms with E-state index in [4.69, 9.17) is 36.6 Å². The fourth-order valence-corrected chi connectivity index (χ4v) is 1.45. The third-order valence-corrected chi connectivity index (χ3v) is 2.88. The molecule has 0 aromatic rings. The van der Waals surface area contributed by atoms with Crippen molar-refractivity contribution in [1.82, 2.24) is 0 Å². The molecule has 21 heavy (non-hydrogen) atoms. The van der Waals surface area contributed by atoms with Crippen molar-refractivity contribution in [3.05, 3.63) is 0 Å². The van der Waals surface area contributed by atoms with Gasteiger partial charge in [0, 0.05) is 6.42 Å². The topological polar surface area (TPSA) is 221 Å². The molecule has 0 aliphatic heterocycles. The monoisotopic (exact) mass is 330 g/mol. The first-order chi connectivity index (χ1) is 9.36. The van der Waals surface area contributed by atoms with Crippen molar-refractivity contribution in [3.8, 4) is 0 Å². The van der Waals surface area contributed by atoms with Gasteiger partial charge in [0.2, 0.25) is 0 Å². The first-order valence-corrected chi connectivity index (χ1v) is 7.39. The molecule has 124 valence electrons. The van der Waals surface area contributed by atoms with Crippen LogP contribution < -0.4 is 11.5 Å². The van der Waals surface area contributed by atoms with Crippen LogP contribution in [0, 0.1) is 0 Å². The molecule has 0 saturated carbocycles. The van der Waals surface area contributed by atoms with Gasteiger partial charge in [0.05, 0.1) is 6.16 Å². The van der Waals surface area contributed by atoms with Gasteiger partial charge in [0.25, 0.3) is 0 Å². The summed E-state index contributed by atoms with van der Waals surface area (Å²) in [6.45, 7) is 0. The van der Waals surface area contributed by atoms with Gasteiger partial charge < -0.3 is 36.6 Å². The van der Waals surface area contributed by atoms with Gasteiger partial charge in [0.1, 0.15) is 12.1 Å². The quantitative estimate of drug-likeness (QED) is 0.246. The van der Waals surface area contributed by atoms with E-state index in [-0.39, 0.29) is 19.3 Å². The van der Waals surface area contributed by atoms with Crippen LogP contribution >= 0.6 is 7.60 Å². The molecule has 0 aliphatic carbocycles. The Hall–Kier alpha value is -1.52. The van der Waals surface area contributed by atoms with Crippen LogP contribution in [0.4, 0.5) is 0 Å². The molecule has 0 fully saturated rings. The Morgan fingerprint density at radius 2 is 1.29 bits per heavy atom. The Labute approximate surface area is 119 Å². The highest BCUT2D eigenvalue weighted by Gasteiger charge is 2.18. The highest BCUT2D eigenvalue weighted by atomic mass is 31.2. The van der Waals surface area contributed by atoms with E-state index in [2.05, 4.69) is 0 Å². The minimum atomic E-state index is -4.10. The summed E-state index contributed by atoms with van der Waals surface area (Å²) in [5.74, 6) is -3.45. The van der Waals surface area contributed by atoms with Crippen LogP contribution in [0.5, 0.6) is 0 Å². The van der Waals surface area contributed by atoms with E-state index in [0.29, 0.717) is 0 Å². The maximum absolute atomic E-state index is 10.2. The lowest BCUT2D eigenvalue weighted by molar-refractivity contribution is -0.140. The second kappa shape index (κ2) is 10.2. The van der Waals surface area contributed by atoms with E-state index < -0.39 is 43.7 Å². The van der Waals surface area contributed by atoms with E-state index in [1.165, 1.54) is 0 Å².